The Morgan fingerprint density at radius 2 is 1.88 bits per heavy atom. The summed E-state index contributed by atoms with van der Waals surface area (Å²) >= 11 is 0. The number of fused-ring (bicyclic) bond motifs is 1. The lowest BCUT2D eigenvalue weighted by molar-refractivity contribution is -0.129. The Labute approximate surface area is 188 Å². The fraction of sp³-hybridized carbons (Fsp3) is 0.435. The van der Waals surface area contributed by atoms with Crippen molar-refractivity contribution in [1.29, 1.82) is 0 Å². The lowest BCUT2D eigenvalue weighted by Gasteiger charge is -2.37. The van der Waals surface area contributed by atoms with Gasteiger partial charge in [0.2, 0.25) is 15.9 Å². The molecule has 7 nitrogen and oxygen atoms in total. The van der Waals surface area contributed by atoms with Gasteiger partial charge in [-0.15, -0.1) is 0 Å². The second-order valence-electron chi connectivity index (χ2n) is 8.31. The highest BCUT2D eigenvalue weighted by Crippen LogP contribution is 2.36. The molecule has 1 amide bonds. The average molecular weight is 465 g/mol. The highest BCUT2D eigenvalue weighted by atomic mass is 32.2. The van der Waals surface area contributed by atoms with Gasteiger partial charge in [0.05, 0.1) is 13.2 Å². The van der Waals surface area contributed by atoms with Crippen molar-refractivity contribution >= 4 is 15.9 Å². The normalized spacial score (nSPS) is 21.6. The Balaban J connectivity index is 2.13. The second-order valence-corrected chi connectivity index (χ2v) is 10.2. The van der Waals surface area contributed by atoms with E-state index in [9.17, 15) is 22.7 Å². The number of carbonyl (C=O) groups is 1. The summed E-state index contributed by atoms with van der Waals surface area (Å²) < 4.78 is 47.8. The summed E-state index contributed by atoms with van der Waals surface area (Å²) in [5.41, 5.74) is 1.39. The Kier molecular flexibility index (Phi) is 7.22. The average Bonchev–Trinajstić information content (AvgIpc) is 2.75. The molecule has 0 unspecified atom stereocenters. The fourth-order valence-electron chi connectivity index (χ4n) is 3.66. The quantitative estimate of drug-likeness (QED) is 0.735. The summed E-state index contributed by atoms with van der Waals surface area (Å²) in [6, 6.07) is 10.0. The third kappa shape index (κ3) is 4.95. The number of carbonyl (C=O) groups excluding carboxylic acids is 1. The van der Waals surface area contributed by atoms with Crippen molar-refractivity contribution in [3.05, 3.63) is 48.3 Å². The zero-order chi connectivity index (χ0) is 23.6. The zero-order valence-electron chi connectivity index (χ0n) is 18.7. The Morgan fingerprint density at radius 1 is 1.25 bits per heavy atom. The zero-order valence-corrected chi connectivity index (χ0v) is 19.5. The van der Waals surface area contributed by atoms with Crippen LogP contribution in [0, 0.1) is 11.7 Å². The molecular weight excluding hydrogens is 435 g/mol. The van der Waals surface area contributed by atoms with Crippen LogP contribution >= 0.6 is 0 Å². The Hall–Kier alpha value is -2.49. The van der Waals surface area contributed by atoms with Gasteiger partial charge in [0.1, 0.15) is 22.6 Å². The molecule has 0 aromatic heterocycles. The number of amides is 1. The molecular formula is C23H29FN2O5S. The van der Waals surface area contributed by atoms with Gasteiger partial charge in [-0.1, -0.05) is 25.1 Å². The minimum absolute atomic E-state index is 0.00830. The van der Waals surface area contributed by atoms with Crippen molar-refractivity contribution in [1.82, 2.24) is 9.21 Å². The minimum atomic E-state index is -3.95. The van der Waals surface area contributed by atoms with E-state index in [1.165, 1.54) is 34.3 Å². The number of nitrogens with zero attached hydrogens (tertiary/aromatic N) is 2. The molecule has 32 heavy (non-hydrogen) atoms. The molecule has 0 fully saturated rings. The van der Waals surface area contributed by atoms with E-state index >= 15 is 0 Å². The van der Waals surface area contributed by atoms with Crippen LogP contribution < -0.4 is 4.74 Å². The van der Waals surface area contributed by atoms with Crippen LogP contribution in [0.25, 0.3) is 11.1 Å². The largest absolute Gasteiger partial charge is 0.487 e. The number of hydrogen-bond donors (Lipinski definition) is 1. The molecule has 2 aromatic carbocycles. The molecule has 1 N–H and O–H groups in total. The van der Waals surface area contributed by atoms with E-state index in [2.05, 4.69) is 0 Å². The summed E-state index contributed by atoms with van der Waals surface area (Å²) in [5.74, 6) is -0.594. The van der Waals surface area contributed by atoms with E-state index in [0.717, 1.165) is 0 Å². The van der Waals surface area contributed by atoms with E-state index in [0.29, 0.717) is 11.1 Å². The first kappa shape index (κ1) is 24.2. The highest BCUT2D eigenvalue weighted by Gasteiger charge is 2.38. The third-order valence-corrected chi connectivity index (χ3v) is 7.86. The van der Waals surface area contributed by atoms with Crippen LogP contribution in [-0.4, -0.2) is 67.5 Å². The molecule has 3 rings (SSSR count). The number of rotatable bonds is 5. The van der Waals surface area contributed by atoms with Crippen LogP contribution in [0.4, 0.5) is 4.39 Å². The SMILES string of the molecule is CC(=O)N(C)C[C@H]1Oc2cc(-c3ccc(F)cc3)ccc2S(=O)(=O)N([C@@H](C)CO)C[C@@H]1C. The number of aliphatic hydroxyl groups excluding tert-OH is 1. The predicted molar refractivity (Wildman–Crippen MR) is 119 cm³/mol. The van der Waals surface area contributed by atoms with E-state index in [-0.39, 0.29) is 48.0 Å². The van der Waals surface area contributed by atoms with Gasteiger partial charge in [-0.3, -0.25) is 4.79 Å². The van der Waals surface area contributed by atoms with Crippen molar-refractivity contribution in [3.63, 3.8) is 0 Å². The topological polar surface area (TPSA) is 87.2 Å². The van der Waals surface area contributed by atoms with Crippen LogP contribution in [0.1, 0.15) is 20.8 Å². The van der Waals surface area contributed by atoms with Gasteiger partial charge in [0.25, 0.3) is 0 Å². The van der Waals surface area contributed by atoms with Gasteiger partial charge in [-0.2, -0.15) is 4.31 Å². The molecule has 0 bridgehead atoms. The number of halogens is 1. The second kappa shape index (κ2) is 9.56. The standard InChI is InChI=1S/C23H29FN2O5S/c1-15-12-26(16(2)14-27)32(29,30)23-10-7-19(18-5-8-20(24)9-6-18)11-21(23)31-22(15)13-25(4)17(3)28/h5-11,15-16,22,27H,12-14H2,1-4H3/t15-,16-,22+/m0/s1. The number of aliphatic hydroxyl groups is 1. The number of likely N-dealkylation sites (N-methyl/N-ethyl adjacent to an activating group) is 1. The maximum absolute atomic E-state index is 13.5. The Morgan fingerprint density at radius 3 is 2.47 bits per heavy atom. The molecule has 0 spiro atoms. The monoisotopic (exact) mass is 464 g/mol. The number of ether oxygens (including phenoxy) is 1. The van der Waals surface area contributed by atoms with Crippen LogP contribution in [0.5, 0.6) is 5.75 Å². The van der Waals surface area contributed by atoms with E-state index in [1.54, 1.807) is 38.2 Å². The lowest BCUT2D eigenvalue weighted by Crippen LogP contribution is -2.50. The third-order valence-electron chi connectivity index (χ3n) is 5.84. The smallest absolute Gasteiger partial charge is 0.247 e. The molecule has 0 saturated carbocycles. The highest BCUT2D eigenvalue weighted by molar-refractivity contribution is 7.89. The molecule has 1 aliphatic heterocycles. The summed E-state index contributed by atoms with van der Waals surface area (Å²) in [6.07, 6.45) is -0.477. The van der Waals surface area contributed by atoms with Crippen LogP contribution in [0.3, 0.4) is 0 Å². The number of hydrogen-bond acceptors (Lipinski definition) is 5. The van der Waals surface area contributed by atoms with Crippen LogP contribution in [0.2, 0.25) is 0 Å². The fourth-order valence-corrected chi connectivity index (χ4v) is 5.49. The lowest BCUT2D eigenvalue weighted by atomic mass is 10.0. The molecule has 1 aliphatic rings. The van der Waals surface area contributed by atoms with Gasteiger partial charge in [0, 0.05) is 32.5 Å². The predicted octanol–water partition coefficient (Wildman–Crippen LogP) is 2.74. The van der Waals surface area contributed by atoms with E-state index in [4.69, 9.17) is 4.74 Å². The summed E-state index contributed by atoms with van der Waals surface area (Å²) in [4.78, 5) is 13.3. The first-order valence-corrected chi connectivity index (χ1v) is 11.9. The van der Waals surface area contributed by atoms with Gasteiger partial charge < -0.3 is 14.7 Å². The summed E-state index contributed by atoms with van der Waals surface area (Å²) in [5, 5.41) is 9.69. The van der Waals surface area contributed by atoms with Crippen molar-refractivity contribution in [2.24, 2.45) is 5.92 Å². The first-order valence-electron chi connectivity index (χ1n) is 10.5. The minimum Gasteiger partial charge on any atom is -0.487 e. The molecule has 3 atom stereocenters. The van der Waals surface area contributed by atoms with E-state index < -0.39 is 22.2 Å². The molecule has 2 aromatic rings. The van der Waals surface area contributed by atoms with Gasteiger partial charge in [-0.25, -0.2) is 12.8 Å². The molecule has 0 saturated heterocycles. The van der Waals surface area contributed by atoms with Crippen LogP contribution in [0.15, 0.2) is 47.4 Å². The maximum Gasteiger partial charge on any atom is 0.247 e. The van der Waals surface area contributed by atoms with Gasteiger partial charge in [-0.05, 0) is 42.3 Å². The van der Waals surface area contributed by atoms with Crippen molar-refractivity contribution in [2.45, 2.75) is 37.8 Å². The summed E-state index contributed by atoms with van der Waals surface area (Å²) in [7, 11) is -2.29. The number of sulfonamides is 1. The van der Waals surface area contributed by atoms with Gasteiger partial charge in [0.15, 0.2) is 0 Å². The molecule has 1 heterocycles. The molecule has 9 heteroatoms. The molecule has 0 aliphatic carbocycles. The van der Waals surface area contributed by atoms with Crippen molar-refractivity contribution < 1.29 is 27.4 Å². The van der Waals surface area contributed by atoms with Crippen molar-refractivity contribution in [2.75, 3.05) is 26.7 Å². The van der Waals surface area contributed by atoms with Crippen LogP contribution in [-0.2, 0) is 14.8 Å². The van der Waals surface area contributed by atoms with E-state index in [1.807, 2.05) is 6.92 Å². The maximum atomic E-state index is 13.5. The Bertz CT molecular complexity index is 1070. The van der Waals surface area contributed by atoms with Crippen molar-refractivity contribution in [3.8, 4) is 16.9 Å². The first-order chi connectivity index (χ1) is 15.0. The molecule has 0 radical (unpaired) electrons. The van der Waals surface area contributed by atoms with Gasteiger partial charge >= 0.3 is 0 Å². The summed E-state index contributed by atoms with van der Waals surface area (Å²) in [6.45, 7) is 5.06. The molecule has 174 valence electrons. The number of benzene rings is 2.